The number of hydrogen-bond acceptors (Lipinski definition) is 5. The summed E-state index contributed by atoms with van der Waals surface area (Å²) in [4.78, 5) is 14.4. The van der Waals surface area contributed by atoms with Gasteiger partial charge in [-0.15, -0.1) is 0 Å². The van der Waals surface area contributed by atoms with Crippen molar-refractivity contribution in [2.75, 3.05) is 31.2 Å². The van der Waals surface area contributed by atoms with Gasteiger partial charge in [0, 0.05) is 37.1 Å². The fourth-order valence-electron chi connectivity index (χ4n) is 2.39. The van der Waals surface area contributed by atoms with Gasteiger partial charge >= 0.3 is 0 Å². The van der Waals surface area contributed by atoms with Gasteiger partial charge < -0.3 is 9.62 Å². The molecule has 138 valence electrons. The van der Waals surface area contributed by atoms with Crippen LogP contribution in [-0.2, 0) is 0 Å². The van der Waals surface area contributed by atoms with Crippen LogP contribution in [0.3, 0.4) is 0 Å². The van der Waals surface area contributed by atoms with E-state index in [2.05, 4.69) is 27.6 Å². The minimum absolute atomic E-state index is 0.0903. The molecule has 0 aliphatic carbocycles. The number of carbonyl (C=O) groups is 1. The number of nitriles is 1. The molecule has 2 aromatic rings. The van der Waals surface area contributed by atoms with E-state index in [1.165, 1.54) is 18.1 Å². The van der Waals surface area contributed by atoms with Crippen LogP contribution in [0.15, 0.2) is 30.0 Å². The molecule has 0 atom stereocenters. The number of allylic oxidation sites excluding steroid dienone is 1. The highest BCUT2D eigenvalue weighted by atomic mass is 127. The molecule has 0 fully saturated rings. The van der Waals surface area contributed by atoms with Gasteiger partial charge in [-0.3, -0.25) is 12.0 Å². The third kappa shape index (κ3) is 4.71. The van der Waals surface area contributed by atoms with Crippen LogP contribution in [0.5, 0.6) is 0 Å². The molecule has 0 saturated carbocycles. The van der Waals surface area contributed by atoms with Gasteiger partial charge in [0.2, 0.25) is 5.78 Å². The first-order valence-electron chi connectivity index (χ1n) is 7.98. The maximum absolute atomic E-state index is 12.7. The van der Waals surface area contributed by atoms with E-state index in [0.717, 1.165) is 22.2 Å². The standard InChI is InChI=1S/C18H20FIN4OS/c1-12-7-13-8-17(18(25)14(10-21)11-23(2)3)24(20)16(13)9-15(12)22-26-6-4-5-19/h7-9,11,22H,4-6H2,1-3H3/b14-11+. The molecule has 5 nitrogen and oxygen atoms in total. The van der Waals surface area contributed by atoms with Crippen LogP contribution < -0.4 is 4.72 Å². The summed E-state index contributed by atoms with van der Waals surface area (Å²) in [5, 5.41) is 10.2. The van der Waals surface area contributed by atoms with Crippen LogP contribution >= 0.6 is 34.8 Å². The average molecular weight is 486 g/mol. The molecule has 0 aliphatic rings. The fourth-order valence-corrected chi connectivity index (χ4v) is 3.90. The van der Waals surface area contributed by atoms with Gasteiger partial charge in [-0.05, 0) is 37.1 Å². The van der Waals surface area contributed by atoms with Gasteiger partial charge in [-0.1, -0.05) is 11.9 Å². The highest BCUT2D eigenvalue weighted by molar-refractivity contribution is 14.1. The van der Waals surface area contributed by atoms with Crippen LogP contribution in [0.2, 0.25) is 0 Å². The molecule has 2 rings (SSSR count). The molecule has 0 aliphatic heterocycles. The number of nitrogens with one attached hydrogen (secondary N) is 1. The van der Waals surface area contributed by atoms with E-state index < -0.39 is 0 Å². The Bertz CT molecular complexity index is 885. The number of Topliss-reactive ketones (excluding diaryl/α,β-unsaturated/α-hetero) is 1. The van der Waals surface area contributed by atoms with Gasteiger partial charge in [0.25, 0.3) is 0 Å². The van der Waals surface area contributed by atoms with Crippen molar-refractivity contribution in [3.63, 3.8) is 0 Å². The van der Waals surface area contributed by atoms with Crippen molar-refractivity contribution in [2.24, 2.45) is 0 Å². The summed E-state index contributed by atoms with van der Waals surface area (Å²) >= 11 is 3.53. The maximum Gasteiger partial charge on any atom is 0.222 e. The molecule has 1 heterocycles. The molecule has 0 spiro atoms. The molecule has 0 amide bonds. The molecule has 1 N–H and O–H groups in total. The third-order valence-corrected chi connectivity index (χ3v) is 5.53. The van der Waals surface area contributed by atoms with E-state index in [1.54, 1.807) is 27.8 Å². The molecular weight excluding hydrogens is 466 g/mol. The Morgan fingerprint density at radius 1 is 1.46 bits per heavy atom. The minimum Gasteiger partial charge on any atom is -0.382 e. The van der Waals surface area contributed by atoms with Crippen LogP contribution in [0, 0.1) is 18.3 Å². The van der Waals surface area contributed by atoms with Gasteiger partial charge in [0.1, 0.15) is 17.3 Å². The molecule has 0 saturated heterocycles. The quantitative estimate of drug-likeness (QED) is 0.146. The zero-order valence-corrected chi connectivity index (χ0v) is 17.8. The average Bonchev–Trinajstić information content (AvgIpc) is 2.91. The number of halogens is 2. The van der Waals surface area contributed by atoms with Crippen molar-refractivity contribution in [1.29, 1.82) is 5.26 Å². The molecular formula is C18H20FIN4OS. The molecule has 0 radical (unpaired) electrons. The molecule has 1 aromatic heterocycles. The maximum atomic E-state index is 12.7. The summed E-state index contributed by atoms with van der Waals surface area (Å²) in [6, 6.07) is 7.75. The number of rotatable bonds is 8. The predicted molar refractivity (Wildman–Crippen MR) is 114 cm³/mol. The van der Waals surface area contributed by atoms with E-state index in [1.807, 2.05) is 25.1 Å². The number of benzene rings is 1. The van der Waals surface area contributed by atoms with Crippen molar-refractivity contribution < 1.29 is 9.18 Å². The number of hydrogen-bond donors (Lipinski definition) is 1. The number of aromatic nitrogens is 1. The number of ketones is 1. The zero-order chi connectivity index (χ0) is 19.3. The van der Waals surface area contributed by atoms with Crippen molar-refractivity contribution in [3.8, 4) is 6.07 Å². The number of aryl methyl sites for hydroxylation is 1. The van der Waals surface area contributed by atoms with Crippen molar-refractivity contribution in [2.45, 2.75) is 13.3 Å². The summed E-state index contributed by atoms with van der Waals surface area (Å²) in [7, 11) is 3.54. The lowest BCUT2D eigenvalue weighted by molar-refractivity contribution is 0.103. The van der Waals surface area contributed by atoms with Gasteiger partial charge in [-0.25, -0.2) is 0 Å². The first-order chi connectivity index (χ1) is 12.4. The molecule has 26 heavy (non-hydrogen) atoms. The van der Waals surface area contributed by atoms with E-state index in [9.17, 15) is 14.4 Å². The van der Waals surface area contributed by atoms with Crippen LogP contribution in [0.25, 0.3) is 10.9 Å². The first kappa shape index (κ1) is 20.6. The monoisotopic (exact) mass is 486 g/mol. The topological polar surface area (TPSA) is 61.1 Å². The largest absolute Gasteiger partial charge is 0.382 e. The lowest BCUT2D eigenvalue weighted by atomic mass is 10.1. The first-order valence-corrected chi connectivity index (χ1v) is 9.93. The summed E-state index contributed by atoms with van der Waals surface area (Å²) in [5.74, 6) is 0.375. The SMILES string of the molecule is Cc1cc2cc(C(=O)/C(C#N)=C/N(C)C)n(I)c2cc1NSCCCF. The molecule has 0 bridgehead atoms. The second-order valence-electron chi connectivity index (χ2n) is 5.98. The van der Waals surface area contributed by atoms with Crippen LogP contribution in [-0.4, -0.2) is 40.0 Å². The highest BCUT2D eigenvalue weighted by Gasteiger charge is 2.19. The van der Waals surface area contributed by atoms with Gasteiger partial charge in [0.15, 0.2) is 0 Å². The lowest BCUT2D eigenvalue weighted by Gasteiger charge is -2.09. The number of alkyl halides is 1. The summed E-state index contributed by atoms with van der Waals surface area (Å²) in [6.45, 7) is 1.66. The van der Waals surface area contributed by atoms with E-state index in [4.69, 9.17) is 0 Å². The minimum atomic E-state index is -0.323. The number of anilines is 1. The molecule has 0 unspecified atom stereocenters. The second kappa shape index (κ2) is 9.28. The second-order valence-corrected chi connectivity index (χ2v) is 7.84. The number of nitrogens with zero attached hydrogens (tertiary/aromatic N) is 3. The fraction of sp³-hybridized carbons (Fsp3) is 0.333. The van der Waals surface area contributed by atoms with Crippen molar-refractivity contribution >= 4 is 57.2 Å². The Balaban J connectivity index is 2.38. The Labute approximate surface area is 170 Å². The highest BCUT2D eigenvalue weighted by Crippen LogP contribution is 2.30. The Hall–Kier alpha value is -1.73. The zero-order valence-electron chi connectivity index (χ0n) is 14.8. The Kier molecular flexibility index (Phi) is 7.34. The van der Waals surface area contributed by atoms with Crippen LogP contribution in [0.4, 0.5) is 10.1 Å². The summed E-state index contributed by atoms with van der Waals surface area (Å²) < 4.78 is 17.2. The van der Waals surface area contributed by atoms with Crippen molar-refractivity contribution in [1.82, 2.24) is 7.68 Å². The normalized spacial score (nSPS) is 11.5. The third-order valence-electron chi connectivity index (χ3n) is 3.64. The predicted octanol–water partition coefficient (Wildman–Crippen LogP) is 4.72. The smallest absolute Gasteiger partial charge is 0.222 e. The van der Waals surface area contributed by atoms with Crippen molar-refractivity contribution in [3.05, 3.63) is 41.2 Å². The van der Waals surface area contributed by atoms with Gasteiger partial charge in [-0.2, -0.15) is 5.26 Å². The number of carbonyl (C=O) groups excluding carboxylic acids is 1. The van der Waals surface area contributed by atoms with E-state index in [0.29, 0.717) is 17.9 Å². The van der Waals surface area contributed by atoms with E-state index in [-0.39, 0.29) is 18.0 Å². The van der Waals surface area contributed by atoms with Gasteiger partial charge in [0.05, 0.1) is 35.1 Å². The number of fused-ring (bicyclic) bond motifs is 1. The summed E-state index contributed by atoms with van der Waals surface area (Å²) in [6.07, 6.45) is 2.03. The lowest BCUT2D eigenvalue weighted by Crippen LogP contribution is -2.10. The Morgan fingerprint density at radius 2 is 2.19 bits per heavy atom. The molecule has 1 aromatic carbocycles. The Morgan fingerprint density at radius 3 is 2.81 bits per heavy atom. The van der Waals surface area contributed by atoms with Crippen LogP contribution in [0.1, 0.15) is 22.5 Å². The summed E-state index contributed by atoms with van der Waals surface area (Å²) in [5.41, 5.74) is 3.40. The van der Waals surface area contributed by atoms with E-state index >= 15 is 0 Å². The molecule has 8 heteroatoms.